The van der Waals surface area contributed by atoms with Crippen molar-refractivity contribution in [1.29, 1.82) is 0 Å². The molecule has 5 heteroatoms. The molecular weight excluding hydrogens is 278 g/mol. The minimum Gasteiger partial charge on any atom is -0.399 e. The molecule has 3 nitrogen and oxygen atoms in total. The second-order valence-corrected chi connectivity index (χ2v) is 5.54. The van der Waals surface area contributed by atoms with Crippen LogP contribution in [0.5, 0.6) is 0 Å². The fraction of sp³-hybridized carbons (Fsp3) is 0. The zero-order chi connectivity index (χ0) is 13.2. The maximum Gasteiger partial charge on any atom is 0.120 e. The van der Waals surface area contributed by atoms with Crippen LogP contribution in [0.3, 0.4) is 0 Å². The molecule has 19 heavy (non-hydrogen) atoms. The number of anilines is 1. The first-order valence-corrected chi connectivity index (χ1v) is 6.86. The molecule has 0 atom stereocenters. The van der Waals surface area contributed by atoms with Gasteiger partial charge in [-0.15, -0.1) is 0 Å². The summed E-state index contributed by atoms with van der Waals surface area (Å²) in [4.78, 5) is 9.99. The highest BCUT2D eigenvalue weighted by Gasteiger charge is 2.03. The second-order valence-electron chi connectivity index (χ2n) is 4.01. The van der Waals surface area contributed by atoms with Crippen molar-refractivity contribution < 1.29 is 0 Å². The molecule has 0 unspecified atom stereocenters. The summed E-state index contributed by atoms with van der Waals surface area (Å²) in [5, 5.41) is 1.51. The molecule has 0 aliphatic heterocycles. The van der Waals surface area contributed by atoms with Crippen LogP contribution >= 0.6 is 23.4 Å². The van der Waals surface area contributed by atoms with E-state index in [4.69, 9.17) is 17.3 Å². The number of rotatable bonds is 2. The number of fused-ring (bicyclic) bond motifs is 1. The number of hydrogen-bond donors (Lipinski definition) is 1. The van der Waals surface area contributed by atoms with Gasteiger partial charge in [0.1, 0.15) is 5.03 Å². The highest BCUT2D eigenvalue weighted by Crippen LogP contribution is 2.27. The number of nitrogen functional groups attached to an aromatic ring is 1. The summed E-state index contributed by atoms with van der Waals surface area (Å²) in [5.74, 6) is 0. The fourth-order valence-corrected chi connectivity index (χ4v) is 2.60. The van der Waals surface area contributed by atoms with Crippen molar-refractivity contribution in [3.05, 3.63) is 53.7 Å². The first-order chi connectivity index (χ1) is 9.20. The lowest BCUT2D eigenvalue weighted by molar-refractivity contribution is 1.12. The van der Waals surface area contributed by atoms with Crippen LogP contribution in [0.1, 0.15) is 0 Å². The zero-order valence-corrected chi connectivity index (χ0v) is 11.4. The van der Waals surface area contributed by atoms with Crippen molar-refractivity contribution >= 4 is 40.1 Å². The monoisotopic (exact) mass is 287 g/mol. The molecule has 2 N–H and O–H groups in total. The third-order valence-corrected chi connectivity index (χ3v) is 3.73. The van der Waals surface area contributed by atoms with E-state index in [1.807, 2.05) is 42.5 Å². The van der Waals surface area contributed by atoms with Crippen LogP contribution in [0.2, 0.25) is 5.02 Å². The highest BCUT2D eigenvalue weighted by atomic mass is 35.5. The molecule has 3 rings (SSSR count). The Morgan fingerprint density at radius 3 is 2.58 bits per heavy atom. The lowest BCUT2D eigenvalue weighted by Crippen LogP contribution is -1.87. The van der Waals surface area contributed by atoms with Gasteiger partial charge in [0.05, 0.1) is 17.2 Å². The van der Waals surface area contributed by atoms with Crippen molar-refractivity contribution in [2.45, 2.75) is 9.92 Å². The quantitative estimate of drug-likeness (QED) is 0.723. The Morgan fingerprint density at radius 2 is 1.79 bits per heavy atom. The van der Waals surface area contributed by atoms with Crippen LogP contribution < -0.4 is 5.73 Å². The summed E-state index contributed by atoms with van der Waals surface area (Å²) in [6.45, 7) is 0. The number of nitrogens with zero attached hydrogens (tertiary/aromatic N) is 2. The Balaban J connectivity index is 1.93. The standard InChI is InChI=1S/C14H10ClN3S/c15-9-1-6-12-13(7-9)17-8-14(18-12)19-11-4-2-10(16)3-5-11/h1-8H,16H2. The van der Waals surface area contributed by atoms with Gasteiger partial charge in [-0.1, -0.05) is 23.4 Å². The van der Waals surface area contributed by atoms with Gasteiger partial charge < -0.3 is 5.73 Å². The number of hydrogen-bond acceptors (Lipinski definition) is 4. The maximum atomic E-state index is 5.92. The number of halogens is 1. The summed E-state index contributed by atoms with van der Waals surface area (Å²) < 4.78 is 0. The van der Waals surface area contributed by atoms with Crippen LogP contribution in [0.25, 0.3) is 11.0 Å². The zero-order valence-electron chi connectivity index (χ0n) is 9.88. The van der Waals surface area contributed by atoms with Crippen LogP contribution in [0, 0.1) is 0 Å². The van der Waals surface area contributed by atoms with E-state index in [0.717, 1.165) is 26.6 Å². The predicted molar refractivity (Wildman–Crippen MR) is 79.5 cm³/mol. The fourth-order valence-electron chi connectivity index (χ4n) is 1.67. The van der Waals surface area contributed by atoms with Crippen LogP contribution in [0.15, 0.2) is 58.6 Å². The molecule has 0 radical (unpaired) electrons. The number of benzene rings is 2. The molecule has 0 saturated carbocycles. The topological polar surface area (TPSA) is 51.8 Å². The highest BCUT2D eigenvalue weighted by molar-refractivity contribution is 7.99. The normalized spacial score (nSPS) is 10.8. The molecule has 1 aromatic heterocycles. The molecule has 0 spiro atoms. The smallest absolute Gasteiger partial charge is 0.120 e. The van der Waals surface area contributed by atoms with Crippen molar-refractivity contribution in [2.75, 3.05) is 5.73 Å². The van der Waals surface area contributed by atoms with Crippen molar-refractivity contribution in [3.63, 3.8) is 0 Å². The Morgan fingerprint density at radius 1 is 1.00 bits per heavy atom. The molecule has 0 amide bonds. The molecule has 0 aliphatic rings. The minimum absolute atomic E-state index is 0.667. The molecule has 1 heterocycles. The SMILES string of the molecule is Nc1ccc(Sc2cnc3cc(Cl)ccc3n2)cc1. The van der Waals surface area contributed by atoms with Gasteiger partial charge in [0.2, 0.25) is 0 Å². The van der Waals surface area contributed by atoms with Crippen LogP contribution in [-0.4, -0.2) is 9.97 Å². The van der Waals surface area contributed by atoms with E-state index in [0.29, 0.717) is 5.02 Å². The number of aromatic nitrogens is 2. The average molecular weight is 288 g/mol. The summed E-state index contributed by atoms with van der Waals surface area (Å²) in [6.07, 6.45) is 1.75. The number of nitrogens with two attached hydrogens (primary N) is 1. The Labute approximate surface area is 119 Å². The summed E-state index contributed by atoms with van der Waals surface area (Å²) in [7, 11) is 0. The van der Waals surface area contributed by atoms with E-state index in [2.05, 4.69) is 9.97 Å². The third-order valence-electron chi connectivity index (χ3n) is 2.58. The molecule has 2 aromatic carbocycles. The van der Waals surface area contributed by atoms with Gasteiger partial charge in [-0.3, -0.25) is 4.98 Å². The molecule has 0 bridgehead atoms. The molecular formula is C14H10ClN3S. The first kappa shape index (κ1) is 12.3. The van der Waals surface area contributed by atoms with E-state index in [1.54, 1.807) is 18.0 Å². The minimum atomic E-state index is 0.667. The molecule has 0 aliphatic carbocycles. The van der Waals surface area contributed by atoms with Crippen LogP contribution in [0.4, 0.5) is 5.69 Å². The van der Waals surface area contributed by atoms with Crippen molar-refractivity contribution in [2.24, 2.45) is 0 Å². The van der Waals surface area contributed by atoms with E-state index >= 15 is 0 Å². The van der Waals surface area contributed by atoms with E-state index in [-0.39, 0.29) is 0 Å². The van der Waals surface area contributed by atoms with Gasteiger partial charge in [-0.05, 0) is 42.5 Å². The third kappa shape index (κ3) is 2.80. The van der Waals surface area contributed by atoms with E-state index < -0.39 is 0 Å². The van der Waals surface area contributed by atoms with Crippen molar-refractivity contribution in [3.8, 4) is 0 Å². The lowest BCUT2D eigenvalue weighted by atomic mass is 10.3. The summed E-state index contributed by atoms with van der Waals surface area (Å²) in [5.41, 5.74) is 8.05. The van der Waals surface area contributed by atoms with Gasteiger partial charge >= 0.3 is 0 Å². The molecule has 0 saturated heterocycles. The summed E-state index contributed by atoms with van der Waals surface area (Å²) >= 11 is 7.47. The summed E-state index contributed by atoms with van der Waals surface area (Å²) in [6, 6.07) is 13.2. The van der Waals surface area contributed by atoms with Gasteiger partial charge in [-0.25, -0.2) is 4.98 Å². The van der Waals surface area contributed by atoms with Gasteiger partial charge in [0, 0.05) is 15.6 Å². The second kappa shape index (κ2) is 5.07. The van der Waals surface area contributed by atoms with Gasteiger partial charge in [-0.2, -0.15) is 0 Å². The molecule has 94 valence electrons. The maximum absolute atomic E-state index is 5.92. The molecule has 3 aromatic rings. The molecule has 0 fully saturated rings. The largest absolute Gasteiger partial charge is 0.399 e. The van der Waals surface area contributed by atoms with E-state index in [1.165, 1.54) is 0 Å². The van der Waals surface area contributed by atoms with Crippen molar-refractivity contribution in [1.82, 2.24) is 9.97 Å². The first-order valence-electron chi connectivity index (χ1n) is 5.66. The van der Waals surface area contributed by atoms with Crippen LogP contribution in [-0.2, 0) is 0 Å². The average Bonchev–Trinajstić information content (AvgIpc) is 2.42. The van der Waals surface area contributed by atoms with Gasteiger partial charge in [0.15, 0.2) is 0 Å². The Hall–Kier alpha value is -1.78. The Kier molecular flexibility index (Phi) is 3.27. The lowest BCUT2D eigenvalue weighted by Gasteiger charge is -2.03. The predicted octanol–water partition coefficient (Wildman–Crippen LogP) is 4.02. The van der Waals surface area contributed by atoms with E-state index in [9.17, 15) is 0 Å². The van der Waals surface area contributed by atoms with Gasteiger partial charge in [0.25, 0.3) is 0 Å². The Bertz CT molecular complexity index is 728.